The summed E-state index contributed by atoms with van der Waals surface area (Å²) >= 11 is 0. The fourth-order valence-corrected chi connectivity index (χ4v) is 5.54. The van der Waals surface area contributed by atoms with E-state index in [9.17, 15) is 9.59 Å². The van der Waals surface area contributed by atoms with E-state index in [1.807, 2.05) is 19.1 Å². The molecule has 2 aliphatic heterocycles. The van der Waals surface area contributed by atoms with E-state index in [-0.39, 0.29) is 6.03 Å². The number of carbonyl (C=O) groups excluding carboxylic acids is 2. The van der Waals surface area contributed by atoms with E-state index in [1.165, 1.54) is 20.5 Å². The molecule has 38 heavy (non-hydrogen) atoms. The Morgan fingerprint density at radius 3 is 2.53 bits per heavy atom. The molecule has 1 atom stereocenters. The number of hydrogen-bond acceptors (Lipinski definition) is 7. The van der Waals surface area contributed by atoms with Crippen LogP contribution in [0.15, 0.2) is 64.6 Å². The summed E-state index contributed by atoms with van der Waals surface area (Å²) in [7, 11) is 3.26. The molecule has 0 saturated carbocycles. The molecule has 0 bridgehead atoms. The number of rotatable bonds is 9. The summed E-state index contributed by atoms with van der Waals surface area (Å²) in [6, 6.07) is 15.2. The summed E-state index contributed by atoms with van der Waals surface area (Å²) in [4.78, 5) is 29.9. The summed E-state index contributed by atoms with van der Waals surface area (Å²) in [6.07, 6.45) is 3.72. The number of likely N-dealkylation sites (tertiary alicyclic amines) is 1. The van der Waals surface area contributed by atoms with E-state index in [0.717, 1.165) is 50.9 Å². The monoisotopic (exact) mass is 518 g/mol. The molecule has 200 valence electrons. The van der Waals surface area contributed by atoms with E-state index in [4.69, 9.17) is 9.37 Å². The zero-order chi connectivity index (χ0) is 26.6. The van der Waals surface area contributed by atoms with Crippen LogP contribution in [0.25, 0.3) is 11.0 Å². The van der Waals surface area contributed by atoms with Crippen LogP contribution < -0.4 is 0 Å². The molecule has 1 unspecified atom stereocenters. The molecule has 0 aliphatic carbocycles. The quantitative estimate of drug-likeness (QED) is 0.393. The van der Waals surface area contributed by atoms with Crippen molar-refractivity contribution < 1.29 is 19.0 Å². The Morgan fingerprint density at radius 1 is 1.08 bits per heavy atom. The SMILES string of the molecule is COC1=C(C)N(C)C(=O)N(N(C=O)CCCN2CCC(c3ccccc3)CC2)C1c1ccc2nonc2c1. The van der Waals surface area contributed by atoms with E-state index in [2.05, 4.69) is 45.5 Å². The maximum atomic E-state index is 13.5. The number of allylic oxidation sites excluding steroid dienone is 1. The van der Waals surface area contributed by atoms with Gasteiger partial charge in [-0.05, 0) is 85.3 Å². The molecule has 0 spiro atoms. The van der Waals surface area contributed by atoms with Gasteiger partial charge in [0.25, 0.3) is 0 Å². The van der Waals surface area contributed by atoms with E-state index < -0.39 is 6.04 Å². The molecule has 10 heteroatoms. The third kappa shape index (κ3) is 4.96. The standard InChI is InChI=1S/C28H34N6O4/c1-20-27(37-3)26(23-10-11-24-25(18-23)30-38-29-24)34(28(36)31(20)2)33(19-35)15-7-14-32-16-12-22(13-17-32)21-8-5-4-6-9-21/h4-6,8-11,18-19,22,26H,7,12-17H2,1-3H3. The zero-order valence-electron chi connectivity index (χ0n) is 22.1. The molecule has 2 aliphatic rings. The second-order valence-electron chi connectivity index (χ2n) is 9.90. The third-order valence-electron chi connectivity index (χ3n) is 7.77. The van der Waals surface area contributed by atoms with E-state index in [1.54, 1.807) is 20.2 Å². The van der Waals surface area contributed by atoms with Crippen LogP contribution in [0.3, 0.4) is 0 Å². The van der Waals surface area contributed by atoms with Gasteiger partial charge < -0.3 is 9.64 Å². The molecular weight excluding hydrogens is 484 g/mol. The molecule has 3 amide bonds. The smallest absolute Gasteiger partial charge is 0.343 e. The Hall–Kier alpha value is -3.92. The molecule has 5 rings (SSSR count). The van der Waals surface area contributed by atoms with E-state index in [0.29, 0.717) is 35.0 Å². The lowest BCUT2D eigenvalue weighted by Crippen LogP contribution is -2.56. The van der Waals surface area contributed by atoms with Gasteiger partial charge in [-0.1, -0.05) is 36.4 Å². The molecule has 3 aromatic rings. The predicted molar refractivity (Wildman–Crippen MR) is 141 cm³/mol. The fraction of sp³-hybridized carbons (Fsp3) is 0.429. The number of carbonyl (C=O) groups is 2. The van der Waals surface area contributed by atoms with Crippen molar-refractivity contribution in [2.45, 2.75) is 38.1 Å². The van der Waals surface area contributed by atoms with Gasteiger partial charge in [0.15, 0.2) is 0 Å². The van der Waals surface area contributed by atoms with Crippen molar-refractivity contribution in [3.05, 3.63) is 71.1 Å². The molecular formula is C28H34N6O4. The van der Waals surface area contributed by atoms with Crippen LogP contribution in [0, 0.1) is 0 Å². The first kappa shape index (κ1) is 25.7. The Kier molecular flexibility index (Phi) is 7.59. The average molecular weight is 519 g/mol. The lowest BCUT2D eigenvalue weighted by Gasteiger charge is -2.45. The van der Waals surface area contributed by atoms with Gasteiger partial charge in [0.2, 0.25) is 6.41 Å². The van der Waals surface area contributed by atoms with Gasteiger partial charge in [0.1, 0.15) is 22.8 Å². The Balaban J connectivity index is 1.29. The van der Waals surface area contributed by atoms with Gasteiger partial charge >= 0.3 is 6.03 Å². The van der Waals surface area contributed by atoms with Crippen molar-refractivity contribution in [2.24, 2.45) is 0 Å². The lowest BCUT2D eigenvalue weighted by molar-refractivity contribution is -0.135. The van der Waals surface area contributed by atoms with Crippen LogP contribution >= 0.6 is 0 Å². The van der Waals surface area contributed by atoms with Crippen molar-refractivity contribution in [1.82, 2.24) is 30.1 Å². The maximum Gasteiger partial charge on any atom is 0.343 e. The number of amides is 3. The molecule has 1 fully saturated rings. The number of ether oxygens (including phenoxy) is 1. The number of hydrazine groups is 1. The normalized spacial score (nSPS) is 19.3. The average Bonchev–Trinajstić information content (AvgIpc) is 3.43. The number of fused-ring (bicyclic) bond motifs is 1. The Bertz CT molecular complexity index is 1300. The van der Waals surface area contributed by atoms with Crippen molar-refractivity contribution >= 4 is 23.5 Å². The molecule has 0 radical (unpaired) electrons. The van der Waals surface area contributed by atoms with Gasteiger partial charge in [-0.15, -0.1) is 0 Å². The van der Waals surface area contributed by atoms with Gasteiger partial charge in [-0.25, -0.2) is 14.4 Å². The molecule has 10 nitrogen and oxygen atoms in total. The molecule has 1 aromatic heterocycles. The van der Waals surface area contributed by atoms with Gasteiger partial charge in [-0.3, -0.25) is 14.7 Å². The number of benzene rings is 2. The maximum absolute atomic E-state index is 13.5. The second-order valence-corrected chi connectivity index (χ2v) is 9.90. The highest BCUT2D eigenvalue weighted by molar-refractivity contribution is 5.80. The van der Waals surface area contributed by atoms with Gasteiger partial charge in [0.05, 0.1) is 12.8 Å². The fourth-order valence-electron chi connectivity index (χ4n) is 5.54. The van der Waals surface area contributed by atoms with Crippen molar-refractivity contribution in [2.75, 3.05) is 40.3 Å². The number of methoxy groups -OCH3 is 1. The Morgan fingerprint density at radius 2 is 1.82 bits per heavy atom. The highest BCUT2D eigenvalue weighted by Crippen LogP contribution is 2.38. The minimum Gasteiger partial charge on any atom is -0.497 e. The van der Waals surface area contributed by atoms with Gasteiger partial charge in [-0.2, -0.15) is 0 Å². The lowest BCUT2D eigenvalue weighted by atomic mass is 9.89. The van der Waals surface area contributed by atoms with Crippen LogP contribution in [0.4, 0.5) is 4.79 Å². The second kappa shape index (κ2) is 11.2. The molecule has 1 saturated heterocycles. The number of piperidine rings is 1. The predicted octanol–water partition coefficient (Wildman–Crippen LogP) is 4.15. The first-order chi connectivity index (χ1) is 18.5. The number of hydrogen-bond donors (Lipinski definition) is 0. The van der Waals surface area contributed by atoms with Crippen LogP contribution in [0.2, 0.25) is 0 Å². The summed E-state index contributed by atoms with van der Waals surface area (Å²) < 4.78 is 10.6. The summed E-state index contributed by atoms with van der Waals surface area (Å²) in [5.74, 6) is 1.18. The minimum absolute atomic E-state index is 0.303. The Labute approximate surface area is 222 Å². The first-order valence-corrected chi connectivity index (χ1v) is 13.0. The van der Waals surface area contributed by atoms with Crippen LogP contribution in [0.5, 0.6) is 0 Å². The number of urea groups is 1. The van der Waals surface area contributed by atoms with Crippen LogP contribution in [-0.2, 0) is 9.53 Å². The molecule has 3 heterocycles. The first-order valence-electron chi connectivity index (χ1n) is 13.0. The molecule has 2 aromatic carbocycles. The van der Waals surface area contributed by atoms with Crippen molar-refractivity contribution in [1.29, 1.82) is 0 Å². The topological polar surface area (TPSA) is 95.2 Å². The highest BCUT2D eigenvalue weighted by Gasteiger charge is 2.42. The van der Waals surface area contributed by atoms with Gasteiger partial charge in [0, 0.05) is 13.6 Å². The zero-order valence-corrected chi connectivity index (χ0v) is 22.1. The van der Waals surface area contributed by atoms with Crippen molar-refractivity contribution in [3.8, 4) is 0 Å². The summed E-state index contributed by atoms with van der Waals surface area (Å²) in [6.45, 7) is 5.15. The summed E-state index contributed by atoms with van der Waals surface area (Å²) in [5.41, 5.74) is 4.03. The number of aromatic nitrogens is 2. The largest absolute Gasteiger partial charge is 0.497 e. The molecule has 0 N–H and O–H groups in total. The number of nitrogens with zero attached hydrogens (tertiary/aromatic N) is 6. The summed E-state index contributed by atoms with van der Waals surface area (Å²) in [5, 5.41) is 10.8. The van der Waals surface area contributed by atoms with Crippen molar-refractivity contribution in [3.63, 3.8) is 0 Å². The third-order valence-corrected chi connectivity index (χ3v) is 7.77. The minimum atomic E-state index is -0.628. The van der Waals surface area contributed by atoms with E-state index >= 15 is 0 Å². The highest BCUT2D eigenvalue weighted by atomic mass is 16.6. The van der Waals surface area contributed by atoms with Crippen LogP contribution in [0.1, 0.15) is 49.3 Å². The van der Waals surface area contributed by atoms with Crippen LogP contribution in [-0.4, -0.2) is 82.9 Å².